The average Bonchev–Trinajstić information content (AvgIpc) is 1.64. The number of aliphatic hydroxyl groups excluding tert-OH is 1. The van der Waals surface area contributed by atoms with Crippen LogP contribution in [0.15, 0.2) is 11.3 Å². The van der Waals surface area contributed by atoms with E-state index in [-0.39, 0.29) is 29.6 Å². The summed E-state index contributed by atoms with van der Waals surface area (Å²) in [6.07, 6.45) is 0. The van der Waals surface area contributed by atoms with E-state index in [4.69, 9.17) is 16.1 Å². The third-order valence-electron chi connectivity index (χ3n) is 0.701. The monoisotopic (exact) mass is 148 g/mol. The van der Waals surface area contributed by atoms with Crippen LogP contribution in [0, 0.1) is 11.3 Å². The first-order valence-corrected chi connectivity index (χ1v) is 2.15. The Balaban J connectivity index is 0. The maximum atomic E-state index is 10.0. The van der Waals surface area contributed by atoms with Crippen molar-refractivity contribution < 1.29 is 39.5 Å². The summed E-state index contributed by atoms with van der Waals surface area (Å²) >= 11 is 0. The minimum atomic E-state index is -1.16. The van der Waals surface area contributed by atoms with Gasteiger partial charge in [-0.25, -0.2) is 0 Å². The minimum absolute atomic E-state index is 0. The van der Waals surface area contributed by atoms with Gasteiger partial charge in [-0.3, -0.25) is 0 Å². The van der Waals surface area contributed by atoms with Gasteiger partial charge >= 0.3 is 29.6 Å². The average molecular weight is 148 g/mol. The zero-order valence-electron chi connectivity index (χ0n) is 5.80. The molecule has 0 spiro atoms. The van der Waals surface area contributed by atoms with Gasteiger partial charge in [0.05, 0.1) is 5.91 Å². The molecule has 0 aliphatic carbocycles. The van der Waals surface area contributed by atoms with Gasteiger partial charge in [0.1, 0.15) is 17.4 Å². The number of carbonyl (C=O) groups excluding carboxylic acids is 1. The predicted molar refractivity (Wildman–Crippen MR) is 30.3 cm³/mol. The molecule has 1 amide bonds. The summed E-state index contributed by atoms with van der Waals surface area (Å²) in [7, 11) is 0. The summed E-state index contributed by atoms with van der Waals surface area (Å²) in [4.78, 5) is 10.0. The second-order valence-electron chi connectivity index (χ2n) is 1.40. The van der Waals surface area contributed by atoms with E-state index in [1.54, 1.807) is 0 Å². The fourth-order valence-corrected chi connectivity index (χ4v) is 0.296. The van der Waals surface area contributed by atoms with Crippen molar-refractivity contribution in [2.45, 2.75) is 6.92 Å². The first-order chi connectivity index (χ1) is 4.09. The van der Waals surface area contributed by atoms with Gasteiger partial charge in [0, 0.05) is 0 Å². The van der Waals surface area contributed by atoms with E-state index < -0.39 is 17.2 Å². The Morgan fingerprint density at radius 1 is 1.70 bits per heavy atom. The fourth-order valence-electron chi connectivity index (χ4n) is 0.296. The molecule has 0 aliphatic rings. The summed E-state index contributed by atoms with van der Waals surface area (Å²) in [6, 6.07) is 1.39. The molecule has 0 rings (SSSR count). The molecule has 0 unspecified atom stereocenters. The number of amides is 1. The van der Waals surface area contributed by atoms with Crippen molar-refractivity contribution in [2.24, 2.45) is 0 Å². The first-order valence-electron chi connectivity index (χ1n) is 2.15. The van der Waals surface area contributed by atoms with E-state index in [1.807, 2.05) is 0 Å². The van der Waals surface area contributed by atoms with Crippen LogP contribution >= 0.6 is 0 Å². The molecule has 0 bridgehead atoms. The van der Waals surface area contributed by atoms with Crippen molar-refractivity contribution in [1.82, 2.24) is 0 Å². The Morgan fingerprint density at radius 2 is 2.10 bits per heavy atom. The summed E-state index contributed by atoms with van der Waals surface area (Å²) in [5.41, 5.74) is 5.88. The van der Waals surface area contributed by atoms with Crippen molar-refractivity contribution in [2.75, 3.05) is 0 Å². The number of allylic oxidation sites excluding steroid dienone is 1. The molecule has 4 nitrogen and oxygen atoms in total. The SMILES string of the molecule is CC(O)=C(C#N)C([NH-])=O.[Na+]. The van der Waals surface area contributed by atoms with Gasteiger partial charge in [-0.1, -0.05) is 0 Å². The number of hydrogen-bond acceptors (Lipinski definition) is 3. The van der Waals surface area contributed by atoms with Gasteiger partial charge < -0.3 is 15.6 Å². The molecule has 2 N–H and O–H groups in total. The zero-order chi connectivity index (χ0) is 7.44. The van der Waals surface area contributed by atoms with E-state index in [2.05, 4.69) is 0 Å². The fraction of sp³-hybridized carbons (Fsp3) is 0.200. The quantitative estimate of drug-likeness (QED) is 0.200. The molecule has 0 heterocycles. The van der Waals surface area contributed by atoms with Gasteiger partial charge in [-0.05, 0) is 6.92 Å². The number of nitrogens with zero attached hydrogens (tertiary/aromatic N) is 1. The Morgan fingerprint density at radius 3 is 2.10 bits per heavy atom. The molecule has 0 aromatic carbocycles. The van der Waals surface area contributed by atoms with Crippen LogP contribution in [0.5, 0.6) is 0 Å². The van der Waals surface area contributed by atoms with Gasteiger partial charge in [0.2, 0.25) is 0 Å². The summed E-state index contributed by atoms with van der Waals surface area (Å²) < 4.78 is 0. The molecular weight excluding hydrogens is 143 g/mol. The molecule has 0 radical (unpaired) electrons. The number of carbonyl (C=O) groups is 1. The largest absolute Gasteiger partial charge is 1.00 e. The summed E-state index contributed by atoms with van der Waals surface area (Å²) in [5.74, 6) is -1.56. The molecule has 0 atom stereocenters. The number of hydrogen-bond donors (Lipinski definition) is 1. The van der Waals surface area contributed by atoms with Crippen LogP contribution in [0.2, 0.25) is 0 Å². The second kappa shape index (κ2) is 5.30. The number of nitrogens with one attached hydrogen (secondary N) is 1. The van der Waals surface area contributed by atoms with Crippen LogP contribution in [-0.2, 0) is 4.79 Å². The Labute approximate surface area is 80.6 Å². The van der Waals surface area contributed by atoms with Gasteiger partial charge in [-0.15, -0.1) is 0 Å². The summed E-state index contributed by atoms with van der Waals surface area (Å²) in [5, 5.41) is 16.6. The molecular formula is C5H5N2NaO2. The van der Waals surface area contributed by atoms with E-state index >= 15 is 0 Å². The van der Waals surface area contributed by atoms with Crippen molar-refractivity contribution in [1.29, 1.82) is 5.26 Å². The molecule has 48 valence electrons. The number of nitriles is 1. The molecule has 0 saturated carbocycles. The molecule has 0 aromatic heterocycles. The van der Waals surface area contributed by atoms with E-state index in [0.717, 1.165) is 0 Å². The van der Waals surface area contributed by atoms with Crippen molar-refractivity contribution in [3.8, 4) is 6.07 Å². The van der Waals surface area contributed by atoms with Crippen LogP contribution in [0.3, 0.4) is 0 Å². The second-order valence-corrected chi connectivity index (χ2v) is 1.40. The molecule has 0 aromatic rings. The Hall–Kier alpha value is -0.500. The van der Waals surface area contributed by atoms with Crippen LogP contribution < -0.4 is 29.6 Å². The van der Waals surface area contributed by atoms with Gasteiger partial charge in [0.25, 0.3) is 0 Å². The molecule has 5 heteroatoms. The molecule has 0 fully saturated rings. The van der Waals surface area contributed by atoms with E-state index in [9.17, 15) is 4.79 Å². The van der Waals surface area contributed by atoms with Crippen LogP contribution in [0.25, 0.3) is 5.73 Å². The topological polar surface area (TPSA) is 84.9 Å². The molecule has 0 aliphatic heterocycles. The summed E-state index contributed by atoms with van der Waals surface area (Å²) in [6.45, 7) is 1.19. The van der Waals surface area contributed by atoms with Gasteiger partial charge in [0.15, 0.2) is 0 Å². The standard InChI is InChI=1S/C5H6N2O2.Na/c1-3(8)4(2-6)5(7)9;/h1H3,(H3,7,8,9);/q;+1/p-1. The third kappa shape index (κ3) is 3.51. The van der Waals surface area contributed by atoms with E-state index in [0.29, 0.717) is 0 Å². The third-order valence-corrected chi connectivity index (χ3v) is 0.701. The zero-order valence-corrected chi connectivity index (χ0v) is 7.80. The van der Waals surface area contributed by atoms with Crippen LogP contribution in [0.1, 0.15) is 6.92 Å². The van der Waals surface area contributed by atoms with Crippen LogP contribution in [-0.4, -0.2) is 11.0 Å². The first kappa shape index (κ1) is 12.2. The van der Waals surface area contributed by atoms with E-state index in [1.165, 1.54) is 13.0 Å². The Bertz CT molecular complexity index is 200. The maximum absolute atomic E-state index is 10.0. The predicted octanol–water partition coefficient (Wildman–Crippen LogP) is -2.08. The Kier molecular flexibility index (Phi) is 6.46. The molecule has 10 heavy (non-hydrogen) atoms. The van der Waals surface area contributed by atoms with Crippen LogP contribution in [0.4, 0.5) is 0 Å². The normalized spacial score (nSPS) is 10.4. The molecule has 0 saturated heterocycles. The maximum Gasteiger partial charge on any atom is 1.00 e. The van der Waals surface area contributed by atoms with Crippen molar-refractivity contribution in [3.05, 3.63) is 17.1 Å². The smallest absolute Gasteiger partial charge is 0.663 e. The number of aliphatic hydroxyl groups is 1. The van der Waals surface area contributed by atoms with Crippen molar-refractivity contribution >= 4 is 5.91 Å². The van der Waals surface area contributed by atoms with Gasteiger partial charge in [-0.2, -0.15) is 5.26 Å². The minimum Gasteiger partial charge on any atom is -0.663 e. The van der Waals surface area contributed by atoms with Crippen molar-refractivity contribution in [3.63, 3.8) is 0 Å². The number of rotatable bonds is 1.